The minimum Gasteiger partial charge on any atom is -0.491 e. The summed E-state index contributed by atoms with van der Waals surface area (Å²) >= 11 is 0. The van der Waals surface area contributed by atoms with Gasteiger partial charge in [-0.3, -0.25) is 9.69 Å². The molecule has 2 bridgehead atoms. The number of aromatic nitrogens is 3. The van der Waals surface area contributed by atoms with Gasteiger partial charge in [0.1, 0.15) is 35.7 Å². The highest BCUT2D eigenvalue weighted by Gasteiger charge is 2.47. The highest BCUT2D eigenvalue weighted by atomic mass is 16.6. The molecule has 9 nitrogen and oxygen atoms in total. The average Bonchev–Trinajstić information content (AvgIpc) is 3.69. The first-order valence-electron chi connectivity index (χ1n) is 14.4. The Bertz CT molecular complexity index is 1410. The number of fused-ring (bicyclic) bond motifs is 3. The molecule has 1 saturated carbocycles. The first-order chi connectivity index (χ1) is 18.8. The van der Waals surface area contributed by atoms with Gasteiger partial charge < -0.3 is 25.5 Å². The molecule has 1 aromatic carbocycles. The van der Waals surface area contributed by atoms with Crippen molar-refractivity contribution in [3.05, 3.63) is 36.8 Å². The summed E-state index contributed by atoms with van der Waals surface area (Å²) in [5.41, 5.74) is 14.5. The fourth-order valence-electron chi connectivity index (χ4n) is 7.44. The van der Waals surface area contributed by atoms with E-state index in [1.807, 2.05) is 19.1 Å². The van der Waals surface area contributed by atoms with Crippen LogP contribution in [-0.4, -0.2) is 62.3 Å². The molecule has 1 amide bonds. The van der Waals surface area contributed by atoms with Crippen molar-refractivity contribution in [1.29, 1.82) is 0 Å². The Labute approximate surface area is 228 Å². The van der Waals surface area contributed by atoms with Crippen molar-refractivity contribution in [2.24, 2.45) is 11.7 Å². The van der Waals surface area contributed by atoms with Crippen LogP contribution in [0.4, 0.5) is 5.82 Å². The molecule has 0 spiro atoms. The molecule has 0 unspecified atom stereocenters. The van der Waals surface area contributed by atoms with Gasteiger partial charge in [-0.2, -0.15) is 0 Å². The second-order valence-corrected chi connectivity index (χ2v) is 12.4. The van der Waals surface area contributed by atoms with E-state index in [1.165, 1.54) is 0 Å². The van der Waals surface area contributed by atoms with Crippen LogP contribution < -0.4 is 16.2 Å². The maximum atomic E-state index is 12.1. The summed E-state index contributed by atoms with van der Waals surface area (Å²) in [7, 11) is 0. The number of benzene rings is 1. The molecule has 0 radical (unpaired) electrons. The maximum Gasteiger partial charge on any atom is 0.237 e. The fourth-order valence-corrected chi connectivity index (χ4v) is 7.44. The van der Waals surface area contributed by atoms with E-state index < -0.39 is 5.54 Å². The van der Waals surface area contributed by atoms with Crippen molar-refractivity contribution in [1.82, 2.24) is 19.4 Å². The number of ether oxygens (including phenoxy) is 2. The molecule has 3 aliphatic heterocycles. The first-order valence-corrected chi connectivity index (χ1v) is 14.4. The maximum absolute atomic E-state index is 12.1. The Morgan fingerprint density at radius 2 is 2.03 bits per heavy atom. The number of carbonyl (C=O) groups is 1. The predicted molar refractivity (Wildman–Crippen MR) is 149 cm³/mol. The molecular weight excluding hydrogens is 492 g/mol. The Hall–Kier alpha value is -3.17. The van der Waals surface area contributed by atoms with Crippen molar-refractivity contribution in [3.8, 4) is 16.9 Å². The third-order valence-corrected chi connectivity index (χ3v) is 9.95. The summed E-state index contributed by atoms with van der Waals surface area (Å²) in [5, 5.41) is 0.885. The lowest BCUT2D eigenvalue weighted by molar-refractivity contribution is -0.128. The van der Waals surface area contributed by atoms with Crippen molar-refractivity contribution >= 4 is 22.8 Å². The summed E-state index contributed by atoms with van der Waals surface area (Å²) in [6.45, 7) is 4.43. The van der Waals surface area contributed by atoms with Gasteiger partial charge in [-0.25, -0.2) is 9.97 Å². The van der Waals surface area contributed by atoms with E-state index in [-0.39, 0.29) is 11.5 Å². The largest absolute Gasteiger partial charge is 0.491 e. The number of primary amides is 1. The quantitative estimate of drug-likeness (QED) is 0.450. The highest BCUT2D eigenvalue weighted by molar-refractivity contribution is 6.00. The second kappa shape index (κ2) is 9.20. The molecule has 7 rings (SSSR count). The zero-order valence-corrected chi connectivity index (χ0v) is 22.6. The van der Waals surface area contributed by atoms with Crippen LogP contribution in [0.3, 0.4) is 0 Å². The number of amides is 1. The zero-order valence-electron chi connectivity index (χ0n) is 22.6. The van der Waals surface area contributed by atoms with Gasteiger partial charge in [-0.05, 0) is 88.4 Å². The van der Waals surface area contributed by atoms with Crippen LogP contribution in [0.2, 0.25) is 0 Å². The van der Waals surface area contributed by atoms with Crippen LogP contribution in [0.25, 0.3) is 22.2 Å². The normalized spacial score (nSPS) is 32.1. The Balaban J connectivity index is 1.11. The van der Waals surface area contributed by atoms with Gasteiger partial charge >= 0.3 is 0 Å². The minimum absolute atomic E-state index is 0.111. The van der Waals surface area contributed by atoms with E-state index in [0.29, 0.717) is 30.5 Å². The molecule has 4 N–H and O–H groups in total. The van der Waals surface area contributed by atoms with Crippen LogP contribution >= 0.6 is 0 Å². The number of likely N-dealkylation sites (tertiary alicyclic amines) is 1. The Morgan fingerprint density at radius 1 is 1.21 bits per heavy atom. The zero-order chi connectivity index (χ0) is 26.8. The summed E-state index contributed by atoms with van der Waals surface area (Å²) in [5.74, 6) is 1.64. The van der Waals surface area contributed by atoms with Crippen molar-refractivity contribution in [2.45, 2.75) is 81.6 Å². The molecule has 39 heavy (non-hydrogen) atoms. The third kappa shape index (κ3) is 4.17. The van der Waals surface area contributed by atoms with Gasteiger partial charge in [0.25, 0.3) is 0 Å². The average molecular weight is 531 g/mol. The van der Waals surface area contributed by atoms with E-state index in [9.17, 15) is 4.79 Å². The number of nitrogens with two attached hydrogens (primary N) is 2. The van der Waals surface area contributed by atoms with E-state index in [1.54, 1.807) is 6.33 Å². The van der Waals surface area contributed by atoms with E-state index in [2.05, 4.69) is 37.8 Å². The van der Waals surface area contributed by atoms with Gasteiger partial charge in [0.05, 0.1) is 17.0 Å². The number of carbonyl (C=O) groups excluding carboxylic acids is 1. The van der Waals surface area contributed by atoms with Crippen LogP contribution in [0.1, 0.15) is 64.3 Å². The second-order valence-electron chi connectivity index (χ2n) is 12.4. The highest BCUT2D eigenvalue weighted by Crippen LogP contribution is 2.46. The van der Waals surface area contributed by atoms with Crippen molar-refractivity contribution < 1.29 is 14.3 Å². The topological polar surface area (TPSA) is 122 Å². The molecule has 4 fully saturated rings. The summed E-state index contributed by atoms with van der Waals surface area (Å²) < 4.78 is 14.8. The molecule has 5 heterocycles. The number of rotatable bonds is 8. The van der Waals surface area contributed by atoms with Crippen molar-refractivity contribution in [2.75, 3.05) is 25.4 Å². The van der Waals surface area contributed by atoms with Crippen LogP contribution in [-0.2, 0) is 9.53 Å². The molecule has 1 aliphatic carbocycles. The SMILES string of the molecule is C[C@@]1(C(N)=O)CCCN1CC1CC(n2cc(-c3cccc(OCC45CCC(CC4)O5)c3)c3c(N)ncnc32)C1. The van der Waals surface area contributed by atoms with Gasteiger partial charge in [-0.1, -0.05) is 12.1 Å². The molecule has 1 atom stereocenters. The minimum atomic E-state index is -0.518. The lowest BCUT2D eigenvalue weighted by Crippen LogP contribution is -2.53. The van der Waals surface area contributed by atoms with Crippen LogP contribution in [0.15, 0.2) is 36.8 Å². The Morgan fingerprint density at radius 3 is 2.77 bits per heavy atom. The van der Waals surface area contributed by atoms with E-state index in [0.717, 1.165) is 92.4 Å². The van der Waals surface area contributed by atoms with Crippen LogP contribution in [0, 0.1) is 5.92 Å². The smallest absolute Gasteiger partial charge is 0.237 e. The van der Waals surface area contributed by atoms with E-state index >= 15 is 0 Å². The van der Waals surface area contributed by atoms with Gasteiger partial charge in [0.2, 0.25) is 5.91 Å². The monoisotopic (exact) mass is 530 g/mol. The number of hydrogen-bond donors (Lipinski definition) is 2. The third-order valence-electron chi connectivity index (χ3n) is 9.95. The predicted octanol–water partition coefficient (Wildman–Crippen LogP) is 4.06. The van der Waals surface area contributed by atoms with Crippen LogP contribution in [0.5, 0.6) is 5.75 Å². The number of nitrogens with zero attached hydrogens (tertiary/aromatic N) is 4. The standard InChI is InChI=1S/C30H38N6O3/c1-29(28(32)37)8-3-11-35(29)15-19-12-21(13-19)36-16-24(25-26(31)33-18-34-27(25)36)20-4-2-5-23(14-20)38-17-30-9-6-22(39-30)7-10-30/h2,4-5,14,16,18-19,21-22H,3,6-13,15,17H2,1H3,(H2,32,37)(H2,31,33,34)/t19?,21?,22?,29-,30?/m0/s1. The summed E-state index contributed by atoms with van der Waals surface area (Å²) in [6.07, 6.45) is 12.5. The number of anilines is 1. The molecule has 3 aromatic rings. The molecule has 206 valence electrons. The number of nitrogen functional groups attached to an aromatic ring is 1. The summed E-state index contributed by atoms with van der Waals surface area (Å²) in [4.78, 5) is 23.4. The summed E-state index contributed by atoms with van der Waals surface area (Å²) in [6, 6.07) is 8.55. The lowest BCUT2D eigenvalue weighted by Gasteiger charge is -2.42. The molecule has 2 aromatic heterocycles. The van der Waals surface area contributed by atoms with Gasteiger partial charge in [0, 0.05) is 24.3 Å². The molecule has 9 heteroatoms. The lowest BCUT2D eigenvalue weighted by atomic mass is 9.79. The fraction of sp³-hybridized carbons (Fsp3) is 0.567. The van der Waals surface area contributed by atoms with E-state index in [4.69, 9.17) is 20.9 Å². The number of hydrogen-bond acceptors (Lipinski definition) is 7. The van der Waals surface area contributed by atoms with Crippen molar-refractivity contribution in [3.63, 3.8) is 0 Å². The molecule has 3 saturated heterocycles. The Kier molecular flexibility index (Phi) is 5.86. The first kappa shape index (κ1) is 24.8. The molecule has 4 aliphatic rings. The molecular formula is C30H38N6O3. The van der Waals surface area contributed by atoms with Gasteiger partial charge in [-0.15, -0.1) is 0 Å². The van der Waals surface area contributed by atoms with Gasteiger partial charge in [0.15, 0.2) is 0 Å².